The fourth-order valence-corrected chi connectivity index (χ4v) is 2.27. The molecule has 3 amide bonds. The van der Waals surface area contributed by atoms with E-state index in [0.717, 1.165) is 0 Å². The van der Waals surface area contributed by atoms with Gasteiger partial charge in [0.15, 0.2) is 5.78 Å². The van der Waals surface area contributed by atoms with Gasteiger partial charge in [0.05, 0.1) is 0 Å². The maximum absolute atomic E-state index is 11.9. The van der Waals surface area contributed by atoms with Gasteiger partial charge in [-0.25, -0.2) is 4.79 Å². The van der Waals surface area contributed by atoms with E-state index in [1.807, 2.05) is 0 Å². The fraction of sp³-hybridized carbons (Fsp3) is 0.400. The van der Waals surface area contributed by atoms with Crippen molar-refractivity contribution in [3.63, 3.8) is 0 Å². The number of likely N-dealkylation sites (N-methyl/N-ethyl adjacent to an activating group) is 1. The van der Waals surface area contributed by atoms with Crippen molar-refractivity contribution in [1.29, 1.82) is 0 Å². The van der Waals surface area contributed by atoms with Crippen molar-refractivity contribution in [2.75, 3.05) is 18.9 Å². The molecule has 112 valence electrons. The lowest BCUT2D eigenvalue weighted by atomic mass is 10.1. The quantitative estimate of drug-likeness (QED) is 0.830. The van der Waals surface area contributed by atoms with Crippen molar-refractivity contribution in [3.05, 3.63) is 29.8 Å². The highest BCUT2D eigenvalue weighted by molar-refractivity contribution is 5.95. The Kier molecular flexibility index (Phi) is 4.57. The average Bonchev–Trinajstić information content (AvgIpc) is 2.43. The summed E-state index contributed by atoms with van der Waals surface area (Å²) in [6.07, 6.45) is 1.11. The predicted molar refractivity (Wildman–Crippen MR) is 79.3 cm³/mol. The molecule has 1 fully saturated rings. The van der Waals surface area contributed by atoms with Crippen molar-refractivity contribution in [3.8, 4) is 0 Å². The van der Waals surface area contributed by atoms with E-state index in [-0.39, 0.29) is 23.8 Å². The van der Waals surface area contributed by atoms with Gasteiger partial charge < -0.3 is 15.5 Å². The van der Waals surface area contributed by atoms with E-state index in [1.165, 1.54) is 6.92 Å². The van der Waals surface area contributed by atoms with Gasteiger partial charge in [0.1, 0.15) is 0 Å². The van der Waals surface area contributed by atoms with Gasteiger partial charge in [0.2, 0.25) is 5.91 Å². The molecule has 1 heterocycles. The number of carbonyl (C=O) groups excluding carboxylic acids is 3. The molecule has 1 aromatic rings. The molecule has 1 atom stereocenters. The second-order valence-electron chi connectivity index (χ2n) is 5.24. The number of ketones is 1. The number of rotatable bonds is 3. The van der Waals surface area contributed by atoms with Crippen LogP contribution in [0.5, 0.6) is 0 Å². The molecule has 6 heteroatoms. The van der Waals surface area contributed by atoms with Crippen molar-refractivity contribution >= 4 is 23.4 Å². The molecular weight excluding hydrogens is 270 g/mol. The van der Waals surface area contributed by atoms with E-state index in [0.29, 0.717) is 30.6 Å². The Hall–Kier alpha value is -2.37. The molecule has 0 unspecified atom stereocenters. The van der Waals surface area contributed by atoms with Crippen LogP contribution < -0.4 is 10.6 Å². The van der Waals surface area contributed by atoms with Gasteiger partial charge in [-0.1, -0.05) is 0 Å². The summed E-state index contributed by atoms with van der Waals surface area (Å²) in [6, 6.07) is 6.37. The molecule has 1 aliphatic heterocycles. The third-order valence-corrected chi connectivity index (χ3v) is 3.51. The second-order valence-corrected chi connectivity index (χ2v) is 5.24. The van der Waals surface area contributed by atoms with E-state index in [1.54, 1.807) is 36.2 Å². The number of likely N-dealkylation sites (tertiary alicyclic amines) is 1. The van der Waals surface area contributed by atoms with Crippen LogP contribution in [-0.4, -0.2) is 42.3 Å². The van der Waals surface area contributed by atoms with Crippen LogP contribution >= 0.6 is 0 Å². The summed E-state index contributed by atoms with van der Waals surface area (Å²) in [6.45, 7) is 2.02. The summed E-state index contributed by atoms with van der Waals surface area (Å²) < 4.78 is 0. The zero-order valence-electron chi connectivity index (χ0n) is 12.2. The lowest BCUT2D eigenvalue weighted by Crippen LogP contribution is -2.49. The molecule has 1 aromatic carbocycles. The van der Waals surface area contributed by atoms with Gasteiger partial charge in [-0.2, -0.15) is 0 Å². The van der Waals surface area contributed by atoms with Crippen LogP contribution in [0.15, 0.2) is 24.3 Å². The van der Waals surface area contributed by atoms with Gasteiger partial charge in [0, 0.05) is 37.3 Å². The van der Waals surface area contributed by atoms with E-state index in [9.17, 15) is 14.4 Å². The first-order valence-corrected chi connectivity index (χ1v) is 6.88. The Balaban J connectivity index is 1.87. The van der Waals surface area contributed by atoms with Gasteiger partial charge in [-0.15, -0.1) is 0 Å². The average molecular weight is 289 g/mol. The number of hydrogen-bond donors (Lipinski definition) is 2. The summed E-state index contributed by atoms with van der Waals surface area (Å²) >= 11 is 0. The van der Waals surface area contributed by atoms with Gasteiger partial charge in [-0.05, 0) is 37.6 Å². The minimum atomic E-state index is -0.307. The molecule has 0 spiro atoms. The van der Waals surface area contributed by atoms with Crippen LogP contribution in [-0.2, 0) is 4.79 Å². The lowest BCUT2D eigenvalue weighted by molar-refractivity contribution is -0.132. The lowest BCUT2D eigenvalue weighted by Gasteiger charge is -2.30. The Morgan fingerprint density at radius 1 is 1.24 bits per heavy atom. The van der Waals surface area contributed by atoms with Crippen LogP contribution in [0.1, 0.15) is 30.1 Å². The van der Waals surface area contributed by atoms with E-state index >= 15 is 0 Å². The Morgan fingerprint density at radius 2 is 1.90 bits per heavy atom. The Morgan fingerprint density at radius 3 is 2.48 bits per heavy atom. The molecule has 0 radical (unpaired) electrons. The summed E-state index contributed by atoms with van der Waals surface area (Å²) in [5.41, 5.74) is 1.23. The standard InChI is InChI=1S/C15H19N3O3/c1-10(19)11-3-5-12(6-4-11)16-15(21)17-13-7-8-14(20)18(2)9-13/h3-6,13H,7-9H2,1-2H3,(H2,16,17,21)/t13-/m1/s1. The van der Waals surface area contributed by atoms with Gasteiger partial charge in [-0.3, -0.25) is 9.59 Å². The number of hydrogen-bond acceptors (Lipinski definition) is 3. The summed E-state index contributed by atoms with van der Waals surface area (Å²) in [5, 5.41) is 5.56. The van der Waals surface area contributed by atoms with E-state index in [4.69, 9.17) is 0 Å². The Labute approximate surface area is 123 Å². The number of Topliss-reactive ketones (excluding diaryl/α,β-unsaturated/α-hetero) is 1. The Bertz CT molecular complexity index is 554. The molecule has 0 aromatic heterocycles. The van der Waals surface area contributed by atoms with Crippen LogP contribution in [0.4, 0.5) is 10.5 Å². The second kappa shape index (κ2) is 6.39. The fourth-order valence-electron chi connectivity index (χ4n) is 2.27. The molecular formula is C15H19N3O3. The van der Waals surface area contributed by atoms with E-state index in [2.05, 4.69) is 10.6 Å². The van der Waals surface area contributed by atoms with Crippen molar-refractivity contribution in [1.82, 2.24) is 10.2 Å². The maximum atomic E-state index is 11.9. The summed E-state index contributed by atoms with van der Waals surface area (Å²) in [4.78, 5) is 36.1. The minimum Gasteiger partial charge on any atom is -0.344 e. The van der Waals surface area contributed by atoms with Gasteiger partial charge >= 0.3 is 6.03 Å². The highest BCUT2D eigenvalue weighted by atomic mass is 16.2. The number of nitrogens with one attached hydrogen (secondary N) is 2. The minimum absolute atomic E-state index is 0.0130. The van der Waals surface area contributed by atoms with E-state index < -0.39 is 0 Å². The molecule has 0 saturated carbocycles. The first-order chi connectivity index (χ1) is 9.95. The van der Waals surface area contributed by atoms with Crippen LogP contribution in [0, 0.1) is 0 Å². The third-order valence-electron chi connectivity index (χ3n) is 3.51. The molecule has 6 nitrogen and oxygen atoms in total. The van der Waals surface area contributed by atoms with Crippen molar-refractivity contribution in [2.24, 2.45) is 0 Å². The zero-order chi connectivity index (χ0) is 15.4. The van der Waals surface area contributed by atoms with Crippen LogP contribution in [0.2, 0.25) is 0 Å². The van der Waals surface area contributed by atoms with Crippen molar-refractivity contribution < 1.29 is 14.4 Å². The molecule has 1 saturated heterocycles. The van der Waals surface area contributed by atoms with Gasteiger partial charge in [0.25, 0.3) is 0 Å². The highest BCUT2D eigenvalue weighted by Gasteiger charge is 2.23. The molecule has 0 bridgehead atoms. The monoisotopic (exact) mass is 289 g/mol. The number of nitrogens with zero attached hydrogens (tertiary/aromatic N) is 1. The number of benzene rings is 1. The summed E-state index contributed by atoms with van der Waals surface area (Å²) in [5.74, 6) is 0.0918. The first-order valence-electron chi connectivity index (χ1n) is 6.88. The molecule has 0 aliphatic carbocycles. The molecule has 2 rings (SSSR count). The number of amides is 3. The number of anilines is 1. The molecule has 1 aliphatic rings. The number of piperidine rings is 1. The smallest absolute Gasteiger partial charge is 0.319 e. The topological polar surface area (TPSA) is 78.5 Å². The van der Waals surface area contributed by atoms with Crippen molar-refractivity contribution in [2.45, 2.75) is 25.8 Å². The largest absolute Gasteiger partial charge is 0.344 e. The summed E-state index contributed by atoms with van der Waals surface area (Å²) in [7, 11) is 1.73. The third kappa shape index (κ3) is 4.05. The zero-order valence-corrected chi connectivity index (χ0v) is 12.2. The predicted octanol–water partition coefficient (Wildman–Crippen LogP) is 1.63. The number of urea groups is 1. The normalized spacial score (nSPS) is 18.3. The number of carbonyl (C=O) groups is 3. The SMILES string of the molecule is CC(=O)c1ccc(NC(=O)N[C@@H]2CCC(=O)N(C)C2)cc1. The first kappa shape index (κ1) is 15.0. The highest BCUT2D eigenvalue weighted by Crippen LogP contribution is 2.12. The van der Waals surface area contributed by atoms with Crippen LogP contribution in [0.25, 0.3) is 0 Å². The van der Waals surface area contributed by atoms with Crippen LogP contribution in [0.3, 0.4) is 0 Å². The molecule has 2 N–H and O–H groups in total. The molecule has 21 heavy (non-hydrogen) atoms. The maximum Gasteiger partial charge on any atom is 0.319 e.